The van der Waals surface area contributed by atoms with Crippen LogP contribution in [-0.4, -0.2) is 27.8 Å². The van der Waals surface area contributed by atoms with Crippen molar-refractivity contribution >= 4 is 30.4 Å². The molecule has 84 valence electrons. The maximum absolute atomic E-state index is 10.3. The molecule has 0 amide bonds. The van der Waals surface area contributed by atoms with Crippen molar-refractivity contribution < 1.29 is 9.90 Å². The van der Waals surface area contributed by atoms with Gasteiger partial charge in [0.05, 0.1) is 0 Å². The molecule has 0 saturated carbocycles. The van der Waals surface area contributed by atoms with Gasteiger partial charge in [-0.25, -0.2) is 0 Å². The minimum absolute atomic E-state index is 0.310. The Morgan fingerprint density at radius 3 is 2.64 bits per heavy atom. The first kappa shape index (κ1) is 14.2. The molecule has 0 bridgehead atoms. The monoisotopic (exact) mass is 236 g/mol. The van der Waals surface area contributed by atoms with Gasteiger partial charge in [0, 0.05) is 11.7 Å². The van der Waals surface area contributed by atoms with Crippen LogP contribution in [0.2, 0.25) is 0 Å². The number of hydrogen-bond acceptors (Lipinski definition) is 3. The molecule has 0 aromatic carbocycles. The summed E-state index contributed by atoms with van der Waals surface area (Å²) < 4.78 is 0. The van der Waals surface area contributed by atoms with Gasteiger partial charge in [0.15, 0.2) is 0 Å². The van der Waals surface area contributed by atoms with E-state index in [1.165, 1.54) is 0 Å². The fourth-order valence-corrected chi connectivity index (χ4v) is 2.91. The third kappa shape index (κ3) is 8.75. The summed E-state index contributed by atoms with van der Waals surface area (Å²) >= 11 is 6.19. The van der Waals surface area contributed by atoms with Crippen LogP contribution in [0.15, 0.2) is 0 Å². The highest BCUT2D eigenvalue weighted by Crippen LogP contribution is 2.21. The van der Waals surface area contributed by atoms with Gasteiger partial charge in [0.1, 0.15) is 0 Å². The number of thioether (sulfide) groups is 1. The molecule has 1 atom stereocenters. The van der Waals surface area contributed by atoms with Crippen LogP contribution in [0, 0.1) is 0 Å². The Balaban J connectivity index is 3.44. The van der Waals surface area contributed by atoms with E-state index < -0.39 is 5.97 Å². The number of hydrogen-bond donors (Lipinski definition) is 2. The van der Waals surface area contributed by atoms with Crippen molar-refractivity contribution in [3.05, 3.63) is 0 Å². The topological polar surface area (TPSA) is 37.3 Å². The van der Waals surface area contributed by atoms with E-state index in [0.29, 0.717) is 11.7 Å². The third-order valence-corrected chi connectivity index (χ3v) is 3.55. The van der Waals surface area contributed by atoms with Gasteiger partial charge in [-0.1, -0.05) is 13.3 Å². The summed E-state index contributed by atoms with van der Waals surface area (Å²) in [6, 6.07) is 0. The summed E-state index contributed by atoms with van der Waals surface area (Å²) in [7, 11) is 0. The second kappa shape index (κ2) is 9.71. The van der Waals surface area contributed by atoms with Crippen LogP contribution >= 0.6 is 24.4 Å². The van der Waals surface area contributed by atoms with Crippen molar-refractivity contribution in [1.82, 2.24) is 0 Å². The fourth-order valence-electron chi connectivity index (χ4n) is 1.34. The number of carbonyl (C=O) groups is 1. The summed E-state index contributed by atoms with van der Waals surface area (Å²) in [4.78, 5) is 10.3. The largest absolute Gasteiger partial charge is 0.481 e. The minimum atomic E-state index is -0.682. The lowest BCUT2D eigenvalue weighted by atomic mass is 10.1. The molecule has 1 N–H and O–H groups in total. The van der Waals surface area contributed by atoms with E-state index in [2.05, 4.69) is 19.6 Å². The van der Waals surface area contributed by atoms with Crippen LogP contribution in [0.25, 0.3) is 0 Å². The minimum Gasteiger partial charge on any atom is -0.481 e. The molecule has 0 saturated heterocycles. The molecule has 0 aromatic heterocycles. The standard InChI is InChI=1S/C10H20O2S2/c1-2-14-9(7-8-13)5-3-4-6-10(11)12/h9,13H,2-8H2,1H3,(H,11,12). The van der Waals surface area contributed by atoms with Gasteiger partial charge in [0.2, 0.25) is 0 Å². The van der Waals surface area contributed by atoms with E-state index in [0.717, 1.165) is 37.2 Å². The van der Waals surface area contributed by atoms with Crippen LogP contribution < -0.4 is 0 Å². The Morgan fingerprint density at radius 1 is 1.43 bits per heavy atom. The zero-order chi connectivity index (χ0) is 10.8. The lowest BCUT2D eigenvalue weighted by Gasteiger charge is -2.13. The van der Waals surface area contributed by atoms with Crippen LogP contribution in [0.3, 0.4) is 0 Å². The van der Waals surface area contributed by atoms with Crippen molar-refractivity contribution in [2.24, 2.45) is 0 Å². The maximum Gasteiger partial charge on any atom is 0.303 e. The number of unbranched alkanes of at least 4 members (excludes halogenated alkanes) is 1. The number of carboxylic acids is 1. The summed E-state index contributed by atoms with van der Waals surface area (Å²) in [5.41, 5.74) is 0. The van der Waals surface area contributed by atoms with Crippen molar-refractivity contribution in [3.63, 3.8) is 0 Å². The smallest absolute Gasteiger partial charge is 0.303 e. The van der Waals surface area contributed by atoms with Crippen LogP contribution in [0.4, 0.5) is 0 Å². The van der Waals surface area contributed by atoms with Gasteiger partial charge in [0.25, 0.3) is 0 Å². The van der Waals surface area contributed by atoms with E-state index >= 15 is 0 Å². The quantitative estimate of drug-likeness (QED) is 0.477. The van der Waals surface area contributed by atoms with Crippen LogP contribution in [-0.2, 0) is 4.79 Å². The van der Waals surface area contributed by atoms with E-state index in [9.17, 15) is 4.79 Å². The molecular formula is C10H20O2S2. The molecule has 14 heavy (non-hydrogen) atoms. The van der Waals surface area contributed by atoms with Gasteiger partial charge in [-0.15, -0.1) is 0 Å². The Morgan fingerprint density at radius 2 is 2.14 bits per heavy atom. The molecule has 2 nitrogen and oxygen atoms in total. The Labute approximate surface area is 96.3 Å². The number of carboxylic acid groups (broad SMARTS) is 1. The van der Waals surface area contributed by atoms with Gasteiger partial charge >= 0.3 is 5.97 Å². The second-order valence-corrected chi connectivity index (χ2v) is 5.25. The summed E-state index contributed by atoms with van der Waals surface area (Å²) in [6.45, 7) is 2.16. The van der Waals surface area contributed by atoms with Crippen molar-refractivity contribution in [2.45, 2.75) is 44.3 Å². The Kier molecular flexibility index (Phi) is 9.83. The normalized spacial score (nSPS) is 12.7. The zero-order valence-electron chi connectivity index (χ0n) is 8.74. The van der Waals surface area contributed by atoms with Gasteiger partial charge in [-0.3, -0.25) is 4.79 Å². The predicted octanol–water partition coefficient (Wildman–Crippen LogP) is 3.07. The first-order valence-electron chi connectivity index (χ1n) is 5.15. The number of thiol groups is 1. The van der Waals surface area contributed by atoms with E-state index in [-0.39, 0.29) is 0 Å². The SMILES string of the molecule is CCSC(CCS)CCCCC(=O)O. The lowest BCUT2D eigenvalue weighted by Crippen LogP contribution is -2.05. The van der Waals surface area contributed by atoms with Crippen molar-refractivity contribution in [2.75, 3.05) is 11.5 Å². The number of rotatable bonds is 9. The molecule has 0 heterocycles. The van der Waals surface area contributed by atoms with E-state index in [1.54, 1.807) is 0 Å². The first-order valence-corrected chi connectivity index (χ1v) is 6.83. The molecule has 1 unspecified atom stereocenters. The second-order valence-electron chi connectivity index (χ2n) is 3.23. The zero-order valence-corrected chi connectivity index (χ0v) is 10.4. The van der Waals surface area contributed by atoms with Gasteiger partial charge in [-0.05, 0) is 30.8 Å². The van der Waals surface area contributed by atoms with Gasteiger partial charge < -0.3 is 5.11 Å². The average molecular weight is 236 g/mol. The highest BCUT2D eigenvalue weighted by atomic mass is 32.2. The average Bonchev–Trinajstić information content (AvgIpc) is 2.12. The Hall–Kier alpha value is 0.170. The molecule has 0 aliphatic rings. The number of aliphatic carboxylic acids is 1. The Bertz CT molecular complexity index is 145. The molecule has 0 spiro atoms. The predicted molar refractivity (Wildman–Crippen MR) is 66.5 cm³/mol. The van der Waals surface area contributed by atoms with Crippen molar-refractivity contribution in [1.29, 1.82) is 0 Å². The van der Waals surface area contributed by atoms with E-state index in [4.69, 9.17) is 5.11 Å². The van der Waals surface area contributed by atoms with Crippen molar-refractivity contribution in [3.8, 4) is 0 Å². The molecule has 0 aliphatic carbocycles. The van der Waals surface area contributed by atoms with Crippen LogP contribution in [0.1, 0.15) is 39.0 Å². The van der Waals surface area contributed by atoms with E-state index in [1.807, 2.05) is 11.8 Å². The molecule has 4 heteroatoms. The maximum atomic E-state index is 10.3. The summed E-state index contributed by atoms with van der Waals surface area (Å²) in [6.07, 6.45) is 4.41. The summed E-state index contributed by atoms with van der Waals surface area (Å²) in [5, 5.41) is 9.14. The molecular weight excluding hydrogens is 216 g/mol. The lowest BCUT2D eigenvalue weighted by molar-refractivity contribution is -0.137. The third-order valence-electron chi connectivity index (χ3n) is 2.02. The molecule has 0 aliphatic heterocycles. The molecule has 0 rings (SSSR count). The van der Waals surface area contributed by atoms with Crippen LogP contribution in [0.5, 0.6) is 0 Å². The molecule has 0 fully saturated rings. The fraction of sp³-hybridized carbons (Fsp3) is 0.900. The molecule has 0 radical (unpaired) electrons. The molecule has 0 aromatic rings. The highest BCUT2D eigenvalue weighted by molar-refractivity contribution is 7.99. The highest BCUT2D eigenvalue weighted by Gasteiger charge is 2.07. The first-order chi connectivity index (χ1) is 6.70. The summed E-state index contributed by atoms with van der Waals surface area (Å²) in [5.74, 6) is 1.38. The van der Waals surface area contributed by atoms with Gasteiger partial charge in [-0.2, -0.15) is 24.4 Å².